The third kappa shape index (κ3) is 10.7. The van der Waals surface area contributed by atoms with Gasteiger partial charge in [0.15, 0.2) is 28.3 Å². The van der Waals surface area contributed by atoms with Gasteiger partial charge >= 0.3 is 0 Å². The topological polar surface area (TPSA) is 184 Å². The molecule has 8 heterocycles. The molecule has 0 saturated carbocycles. The lowest BCUT2D eigenvalue weighted by Crippen LogP contribution is -2.47. The van der Waals surface area contributed by atoms with Crippen molar-refractivity contribution in [2.45, 2.75) is 13.8 Å². The summed E-state index contributed by atoms with van der Waals surface area (Å²) in [6.45, 7) is 12.0. The minimum Gasteiger partial charge on any atom is -0.309 e. The van der Waals surface area contributed by atoms with Crippen LogP contribution < -0.4 is 10.6 Å². The number of aromatic nitrogens is 10. The third-order valence-electron chi connectivity index (χ3n) is 9.37. The van der Waals surface area contributed by atoms with Crippen molar-refractivity contribution in [3.8, 4) is 34.0 Å². The average molecular weight is 791 g/mol. The molecule has 0 aliphatic carbocycles. The smallest absolute Gasteiger partial charge is 0.239 e. The van der Waals surface area contributed by atoms with Crippen molar-refractivity contribution in [2.24, 2.45) is 0 Å². The number of piperazine rings is 2. The van der Waals surface area contributed by atoms with Crippen molar-refractivity contribution in [3.05, 3.63) is 84.0 Å². The van der Waals surface area contributed by atoms with E-state index in [1.807, 2.05) is 49.6 Å². The number of carbonyl (C=O) groups is 2. The van der Waals surface area contributed by atoms with Crippen molar-refractivity contribution in [2.75, 3.05) is 90.2 Å². The van der Waals surface area contributed by atoms with E-state index in [-0.39, 0.29) is 11.8 Å². The first kappa shape index (κ1) is 39.4. The molecule has 2 aliphatic rings. The lowest BCUT2D eigenvalue weighted by Gasteiger charge is -2.31. The number of nitrogens with one attached hydrogen (secondary N) is 2. The molecule has 2 N–H and O–H groups in total. The number of thiazole rings is 1. The Morgan fingerprint density at radius 3 is 1.88 bits per heavy atom. The second-order valence-electron chi connectivity index (χ2n) is 14.0. The maximum atomic E-state index is 12.7. The van der Waals surface area contributed by atoms with Gasteiger partial charge in [0.2, 0.25) is 11.8 Å². The van der Waals surface area contributed by atoms with E-state index < -0.39 is 0 Å². The number of hydrogen-bond donors (Lipinski definition) is 2. The zero-order valence-electron chi connectivity index (χ0n) is 32.5. The highest BCUT2D eigenvalue weighted by molar-refractivity contribution is 7.13. The molecule has 0 spiro atoms. The number of anilines is 2. The molecule has 2 aliphatic heterocycles. The SMILES string of the molecule is CN1CCN(CC(=O)Nc2cc(-n3cccn3)nc(-c3nccs3)n2)CC1.Cc1cc(C)n(-c2cc(NC(=O)CN3CCN(C)CC3)nc(-c3ccccn3)n2)n1. The number of likely N-dealkylation sites (N-methyl/N-ethyl adjacent to an activating group) is 2. The van der Waals surface area contributed by atoms with Crippen LogP contribution in [0.25, 0.3) is 34.0 Å². The van der Waals surface area contributed by atoms with Crippen LogP contribution in [-0.4, -0.2) is 160 Å². The summed E-state index contributed by atoms with van der Waals surface area (Å²) in [6.07, 6.45) is 6.87. The van der Waals surface area contributed by atoms with E-state index in [4.69, 9.17) is 0 Å². The second-order valence-corrected chi connectivity index (χ2v) is 14.9. The minimum atomic E-state index is -0.0930. The molecule has 0 unspecified atom stereocenters. The van der Waals surface area contributed by atoms with Crippen molar-refractivity contribution in [1.82, 2.24) is 69.1 Å². The summed E-state index contributed by atoms with van der Waals surface area (Å²) in [7, 11) is 4.19. The first-order valence-electron chi connectivity index (χ1n) is 18.7. The van der Waals surface area contributed by atoms with Gasteiger partial charge in [-0.15, -0.1) is 11.3 Å². The molecule has 18 nitrogen and oxygen atoms in total. The molecule has 2 fully saturated rings. The molecule has 8 rings (SSSR count). The van der Waals surface area contributed by atoms with Crippen molar-refractivity contribution < 1.29 is 9.59 Å². The molecule has 0 bridgehead atoms. The Hall–Kier alpha value is -5.86. The van der Waals surface area contributed by atoms with E-state index in [1.165, 1.54) is 11.3 Å². The molecule has 296 valence electrons. The quantitative estimate of drug-likeness (QED) is 0.206. The Morgan fingerprint density at radius 2 is 1.33 bits per heavy atom. The molecule has 2 saturated heterocycles. The van der Waals surface area contributed by atoms with Gasteiger partial charge in [-0.25, -0.2) is 34.3 Å². The van der Waals surface area contributed by atoms with Crippen LogP contribution >= 0.6 is 11.3 Å². The lowest BCUT2D eigenvalue weighted by molar-refractivity contribution is -0.118. The Morgan fingerprint density at radius 1 is 0.702 bits per heavy atom. The predicted octanol–water partition coefficient (Wildman–Crippen LogP) is 2.50. The van der Waals surface area contributed by atoms with E-state index in [0.29, 0.717) is 58.7 Å². The van der Waals surface area contributed by atoms with Crippen LogP contribution in [0.3, 0.4) is 0 Å². The van der Waals surface area contributed by atoms with E-state index in [9.17, 15) is 9.59 Å². The van der Waals surface area contributed by atoms with E-state index >= 15 is 0 Å². The Balaban J connectivity index is 0.000000175. The van der Waals surface area contributed by atoms with Gasteiger partial charge in [-0.05, 0) is 52.2 Å². The molecule has 0 radical (unpaired) electrons. The Bertz CT molecular complexity index is 2180. The fourth-order valence-electron chi connectivity index (χ4n) is 6.31. The summed E-state index contributed by atoms with van der Waals surface area (Å²) in [5.74, 6) is 2.77. The van der Waals surface area contributed by atoms with Crippen molar-refractivity contribution in [3.63, 3.8) is 0 Å². The highest BCUT2D eigenvalue weighted by Gasteiger charge is 2.20. The van der Waals surface area contributed by atoms with Crippen LogP contribution in [0.2, 0.25) is 0 Å². The fraction of sp³-hybridized carbons (Fsp3) is 0.368. The molecule has 0 atom stereocenters. The highest BCUT2D eigenvalue weighted by atomic mass is 32.1. The first-order chi connectivity index (χ1) is 27.6. The van der Waals surface area contributed by atoms with Crippen LogP contribution in [0.1, 0.15) is 11.4 Å². The zero-order chi connectivity index (χ0) is 39.7. The molecule has 2 amide bonds. The summed E-state index contributed by atoms with van der Waals surface area (Å²) < 4.78 is 3.38. The third-order valence-corrected chi connectivity index (χ3v) is 10.1. The summed E-state index contributed by atoms with van der Waals surface area (Å²) in [5, 5.41) is 17.1. The average Bonchev–Trinajstić information content (AvgIpc) is 4.01. The molecular weight excluding hydrogens is 745 g/mol. The van der Waals surface area contributed by atoms with E-state index in [2.05, 4.69) is 84.4 Å². The summed E-state index contributed by atoms with van der Waals surface area (Å²) >= 11 is 1.45. The number of carbonyl (C=O) groups excluding carboxylic acids is 2. The number of rotatable bonds is 10. The van der Waals surface area contributed by atoms with Crippen molar-refractivity contribution >= 4 is 34.8 Å². The predicted molar refractivity (Wildman–Crippen MR) is 217 cm³/mol. The largest absolute Gasteiger partial charge is 0.309 e. The zero-order valence-corrected chi connectivity index (χ0v) is 33.3. The monoisotopic (exact) mass is 790 g/mol. The van der Waals surface area contributed by atoms with E-state index in [0.717, 1.165) is 63.7 Å². The molecule has 6 aromatic heterocycles. The lowest BCUT2D eigenvalue weighted by atomic mass is 10.3. The first-order valence-corrected chi connectivity index (χ1v) is 19.6. The Labute approximate surface area is 334 Å². The molecule has 57 heavy (non-hydrogen) atoms. The Kier molecular flexibility index (Phi) is 12.7. The van der Waals surface area contributed by atoms with Crippen LogP contribution in [-0.2, 0) is 9.59 Å². The van der Waals surface area contributed by atoms with Crippen LogP contribution in [0.4, 0.5) is 11.6 Å². The van der Waals surface area contributed by atoms with Crippen LogP contribution in [0, 0.1) is 13.8 Å². The molecular formula is C38H46N16O2S. The number of amides is 2. The normalized spacial score (nSPS) is 15.5. The van der Waals surface area contributed by atoms with E-state index in [1.54, 1.807) is 46.3 Å². The molecule has 19 heteroatoms. The molecule has 0 aromatic carbocycles. The van der Waals surface area contributed by atoms with Gasteiger partial charge < -0.3 is 20.4 Å². The standard InChI is InChI=1S/C21H26N8O.C17H20N8OS/c1-15-12-16(2)29(26-15)19-13-18(24-21(25-19)17-6-4-5-7-22-17)23-20(30)14-28-10-8-27(3)9-11-28;1-23-6-8-24(9-7-23)12-15(26)20-13-11-14(25-5-2-3-19-25)22-16(21-13)17-18-4-10-27-17/h4-7,12-13H,8-11,14H2,1-3H3,(H,23,24,25,30);2-5,10-11H,6-9,12H2,1H3,(H,20,21,22,26). The summed E-state index contributed by atoms with van der Waals surface area (Å²) in [4.78, 5) is 60.8. The number of hydrogen-bond acceptors (Lipinski definition) is 15. The van der Waals surface area contributed by atoms with Crippen LogP contribution in [0.5, 0.6) is 0 Å². The number of pyridine rings is 1. The van der Waals surface area contributed by atoms with Crippen LogP contribution in [0.15, 0.2) is 72.6 Å². The summed E-state index contributed by atoms with van der Waals surface area (Å²) in [6, 6.07) is 12.8. The summed E-state index contributed by atoms with van der Waals surface area (Å²) in [5.41, 5.74) is 2.48. The number of nitrogens with zero attached hydrogens (tertiary/aromatic N) is 14. The highest BCUT2D eigenvalue weighted by Crippen LogP contribution is 2.22. The maximum absolute atomic E-state index is 12.7. The second kappa shape index (κ2) is 18.4. The minimum absolute atomic E-state index is 0.0882. The van der Waals surface area contributed by atoms with Gasteiger partial charge in [-0.2, -0.15) is 10.2 Å². The maximum Gasteiger partial charge on any atom is 0.239 e. The van der Waals surface area contributed by atoms with Gasteiger partial charge in [0, 0.05) is 100 Å². The fourth-order valence-corrected chi connectivity index (χ4v) is 6.88. The van der Waals surface area contributed by atoms with Crippen molar-refractivity contribution in [1.29, 1.82) is 0 Å². The number of aryl methyl sites for hydroxylation is 2. The van der Waals surface area contributed by atoms with Gasteiger partial charge in [-0.3, -0.25) is 24.4 Å². The van der Waals surface area contributed by atoms with Gasteiger partial charge in [0.25, 0.3) is 0 Å². The van der Waals surface area contributed by atoms with Gasteiger partial charge in [-0.1, -0.05) is 6.07 Å². The van der Waals surface area contributed by atoms with Gasteiger partial charge in [0.1, 0.15) is 17.3 Å². The van der Waals surface area contributed by atoms with Gasteiger partial charge in [0.05, 0.1) is 18.8 Å². The molecule has 6 aromatic rings.